The molecule has 0 bridgehead atoms. The fourth-order valence-electron chi connectivity index (χ4n) is 2.11. The standard InChI is InChI=1S/C14H17NO5/c1-3-20-14(17)13(10(2)16)12(9-15(18)19)11-7-5-4-6-8-11/h4-8,12-13H,3,9H2,1-2H3/t12?,13-/m0/s1. The minimum atomic E-state index is -1.15. The number of carbonyl (C=O) groups is 2. The summed E-state index contributed by atoms with van der Waals surface area (Å²) >= 11 is 0. The van der Waals surface area contributed by atoms with Crippen LogP contribution in [0.5, 0.6) is 0 Å². The molecule has 2 atom stereocenters. The van der Waals surface area contributed by atoms with Crippen LogP contribution in [-0.4, -0.2) is 29.8 Å². The quantitative estimate of drug-likeness (QED) is 0.329. The van der Waals surface area contributed by atoms with Crippen molar-refractivity contribution in [2.45, 2.75) is 19.8 Å². The number of ether oxygens (including phenoxy) is 1. The molecule has 0 aliphatic rings. The number of Topliss-reactive ketones (excluding diaryl/α,β-unsaturated/α-hetero) is 1. The van der Waals surface area contributed by atoms with Gasteiger partial charge in [-0.3, -0.25) is 19.7 Å². The number of hydrogen-bond acceptors (Lipinski definition) is 5. The minimum Gasteiger partial charge on any atom is -0.465 e. The Kier molecular flexibility index (Phi) is 5.83. The van der Waals surface area contributed by atoms with Gasteiger partial charge in [-0.25, -0.2) is 0 Å². The van der Waals surface area contributed by atoms with E-state index in [1.54, 1.807) is 37.3 Å². The summed E-state index contributed by atoms with van der Waals surface area (Å²) in [5.41, 5.74) is 0.581. The maximum absolute atomic E-state index is 11.9. The second-order valence-corrected chi connectivity index (χ2v) is 4.37. The van der Waals surface area contributed by atoms with E-state index >= 15 is 0 Å². The topological polar surface area (TPSA) is 86.5 Å². The van der Waals surface area contributed by atoms with Crippen LogP contribution in [-0.2, 0) is 14.3 Å². The molecule has 6 heteroatoms. The van der Waals surface area contributed by atoms with Gasteiger partial charge in [0.05, 0.1) is 12.5 Å². The zero-order valence-electron chi connectivity index (χ0n) is 11.4. The van der Waals surface area contributed by atoms with Crippen LogP contribution < -0.4 is 0 Å². The number of nitro groups is 1. The summed E-state index contributed by atoms with van der Waals surface area (Å²) in [5.74, 6) is -3.11. The first-order chi connectivity index (χ1) is 9.47. The van der Waals surface area contributed by atoms with Crippen molar-refractivity contribution < 1.29 is 19.2 Å². The summed E-state index contributed by atoms with van der Waals surface area (Å²) in [6.45, 7) is 2.51. The monoisotopic (exact) mass is 279 g/mol. The second kappa shape index (κ2) is 7.37. The summed E-state index contributed by atoms with van der Waals surface area (Å²) < 4.78 is 4.87. The molecule has 0 aromatic heterocycles. The molecule has 0 spiro atoms. The van der Waals surface area contributed by atoms with E-state index in [0.717, 1.165) is 0 Å². The van der Waals surface area contributed by atoms with E-state index in [4.69, 9.17) is 4.74 Å². The average Bonchev–Trinajstić information content (AvgIpc) is 2.38. The maximum Gasteiger partial charge on any atom is 0.317 e. The van der Waals surface area contributed by atoms with Gasteiger partial charge in [-0.1, -0.05) is 30.3 Å². The molecule has 0 aliphatic carbocycles. The summed E-state index contributed by atoms with van der Waals surface area (Å²) in [4.78, 5) is 34.0. The summed E-state index contributed by atoms with van der Waals surface area (Å²) in [6, 6.07) is 8.53. The summed E-state index contributed by atoms with van der Waals surface area (Å²) in [7, 11) is 0. The Hall–Kier alpha value is -2.24. The van der Waals surface area contributed by atoms with Crippen LogP contribution in [0.1, 0.15) is 25.3 Å². The van der Waals surface area contributed by atoms with Gasteiger partial charge in [0, 0.05) is 4.92 Å². The van der Waals surface area contributed by atoms with Gasteiger partial charge in [-0.05, 0) is 19.4 Å². The molecule has 0 aliphatic heterocycles. The van der Waals surface area contributed by atoms with Gasteiger partial charge in [0.2, 0.25) is 6.54 Å². The number of esters is 1. The Balaban J connectivity index is 3.15. The van der Waals surface area contributed by atoms with Gasteiger partial charge in [0.1, 0.15) is 11.7 Å². The lowest BCUT2D eigenvalue weighted by Gasteiger charge is -2.20. The number of benzene rings is 1. The SMILES string of the molecule is CCOC(=O)[C@@H](C(C)=O)C(C[N+](=O)[O-])c1ccccc1. The molecule has 1 aromatic rings. The Morgan fingerprint density at radius 1 is 1.30 bits per heavy atom. The first kappa shape index (κ1) is 15.8. The van der Waals surface area contributed by atoms with Crippen molar-refractivity contribution in [3.05, 3.63) is 46.0 Å². The normalized spacial score (nSPS) is 13.3. The summed E-state index contributed by atoms with van der Waals surface area (Å²) in [6.07, 6.45) is 0. The van der Waals surface area contributed by atoms with Gasteiger partial charge >= 0.3 is 5.97 Å². The predicted molar refractivity (Wildman–Crippen MR) is 71.8 cm³/mol. The molecule has 1 aromatic carbocycles. The van der Waals surface area contributed by atoms with E-state index in [1.807, 2.05) is 0 Å². The van der Waals surface area contributed by atoms with Crippen molar-refractivity contribution >= 4 is 11.8 Å². The number of hydrogen-bond donors (Lipinski definition) is 0. The lowest BCUT2D eigenvalue weighted by Crippen LogP contribution is -2.34. The maximum atomic E-state index is 11.9. The van der Waals surface area contributed by atoms with E-state index in [2.05, 4.69) is 0 Å². The van der Waals surface area contributed by atoms with Crippen LogP contribution in [0.3, 0.4) is 0 Å². The molecule has 0 amide bonds. The highest BCUT2D eigenvalue weighted by molar-refractivity contribution is 5.98. The Morgan fingerprint density at radius 3 is 2.35 bits per heavy atom. The third-order valence-electron chi connectivity index (χ3n) is 2.95. The molecule has 0 saturated carbocycles. The van der Waals surface area contributed by atoms with Crippen LogP contribution >= 0.6 is 0 Å². The molecule has 108 valence electrons. The zero-order valence-corrected chi connectivity index (χ0v) is 11.4. The lowest BCUT2D eigenvalue weighted by atomic mass is 9.83. The largest absolute Gasteiger partial charge is 0.465 e. The van der Waals surface area contributed by atoms with E-state index < -0.39 is 35.1 Å². The van der Waals surface area contributed by atoms with Gasteiger partial charge in [-0.2, -0.15) is 0 Å². The molecule has 0 N–H and O–H groups in total. The van der Waals surface area contributed by atoms with Crippen LogP contribution in [0.2, 0.25) is 0 Å². The Morgan fingerprint density at radius 2 is 1.90 bits per heavy atom. The van der Waals surface area contributed by atoms with Gasteiger partial charge in [0.25, 0.3) is 0 Å². The number of carbonyl (C=O) groups excluding carboxylic acids is 2. The van der Waals surface area contributed by atoms with Crippen LogP contribution in [0.15, 0.2) is 30.3 Å². The van der Waals surface area contributed by atoms with E-state index in [9.17, 15) is 19.7 Å². The number of nitrogens with zero attached hydrogens (tertiary/aromatic N) is 1. The predicted octanol–water partition coefficient (Wildman–Crippen LogP) is 1.82. The van der Waals surface area contributed by atoms with Crippen LogP contribution in [0, 0.1) is 16.0 Å². The average molecular weight is 279 g/mol. The summed E-state index contributed by atoms with van der Waals surface area (Å²) in [5, 5.41) is 10.8. The Labute approximate surface area is 116 Å². The Bertz CT molecular complexity index is 486. The molecule has 0 saturated heterocycles. The lowest BCUT2D eigenvalue weighted by molar-refractivity contribution is -0.484. The van der Waals surface area contributed by atoms with Crippen molar-refractivity contribution in [2.75, 3.05) is 13.2 Å². The van der Waals surface area contributed by atoms with Crippen molar-refractivity contribution in [1.29, 1.82) is 0 Å². The molecular formula is C14H17NO5. The third kappa shape index (κ3) is 4.15. The first-order valence-corrected chi connectivity index (χ1v) is 6.31. The number of rotatable bonds is 7. The molecule has 20 heavy (non-hydrogen) atoms. The molecule has 0 heterocycles. The van der Waals surface area contributed by atoms with E-state index in [-0.39, 0.29) is 6.61 Å². The molecule has 1 unspecified atom stereocenters. The fourth-order valence-corrected chi connectivity index (χ4v) is 2.11. The molecule has 0 fully saturated rings. The highest BCUT2D eigenvalue weighted by Crippen LogP contribution is 2.27. The van der Waals surface area contributed by atoms with E-state index in [0.29, 0.717) is 5.56 Å². The highest BCUT2D eigenvalue weighted by atomic mass is 16.6. The van der Waals surface area contributed by atoms with Crippen LogP contribution in [0.4, 0.5) is 0 Å². The smallest absolute Gasteiger partial charge is 0.317 e. The van der Waals surface area contributed by atoms with Crippen molar-refractivity contribution in [3.8, 4) is 0 Å². The minimum absolute atomic E-state index is 0.128. The number of ketones is 1. The second-order valence-electron chi connectivity index (χ2n) is 4.37. The van der Waals surface area contributed by atoms with Gasteiger partial charge in [-0.15, -0.1) is 0 Å². The molecular weight excluding hydrogens is 262 g/mol. The molecule has 6 nitrogen and oxygen atoms in total. The van der Waals surface area contributed by atoms with Crippen LogP contribution in [0.25, 0.3) is 0 Å². The van der Waals surface area contributed by atoms with Crippen molar-refractivity contribution in [2.24, 2.45) is 5.92 Å². The van der Waals surface area contributed by atoms with E-state index in [1.165, 1.54) is 6.92 Å². The zero-order chi connectivity index (χ0) is 15.1. The van der Waals surface area contributed by atoms with Crippen molar-refractivity contribution in [1.82, 2.24) is 0 Å². The molecule has 0 radical (unpaired) electrons. The third-order valence-corrected chi connectivity index (χ3v) is 2.95. The van der Waals surface area contributed by atoms with Crippen molar-refractivity contribution in [3.63, 3.8) is 0 Å². The molecule has 1 rings (SSSR count). The first-order valence-electron chi connectivity index (χ1n) is 6.31. The van der Waals surface area contributed by atoms with Gasteiger partial charge in [0.15, 0.2) is 0 Å². The highest BCUT2D eigenvalue weighted by Gasteiger charge is 2.37. The fraction of sp³-hybridized carbons (Fsp3) is 0.429. The van der Waals surface area contributed by atoms with Gasteiger partial charge < -0.3 is 4.74 Å².